The summed E-state index contributed by atoms with van der Waals surface area (Å²) in [4.78, 5) is 14.2. The van der Waals surface area contributed by atoms with Crippen molar-refractivity contribution < 1.29 is 9.53 Å². The number of nitrogens with two attached hydrogens (primary N) is 1. The van der Waals surface area contributed by atoms with Crippen molar-refractivity contribution in [1.29, 1.82) is 0 Å². The van der Waals surface area contributed by atoms with E-state index in [9.17, 15) is 4.79 Å². The average Bonchev–Trinajstić information content (AvgIpc) is 2.81. The molecule has 1 unspecified atom stereocenters. The third kappa shape index (κ3) is 2.44. The summed E-state index contributed by atoms with van der Waals surface area (Å²) in [6.45, 7) is 2.25. The van der Waals surface area contributed by atoms with Gasteiger partial charge in [-0.3, -0.25) is 4.79 Å². The van der Waals surface area contributed by atoms with Gasteiger partial charge in [-0.05, 0) is 42.9 Å². The number of nitrogen functional groups attached to an aromatic ring is 1. The molecule has 0 aliphatic heterocycles. The van der Waals surface area contributed by atoms with Crippen LogP contribution in [0.5, 0.6) is 5.75 Å². The Balaban J connectivity index is 2.07. The molecule has 110 valence electrons. The fourth-order valence-electron chi connectivity index (χ4n) is 2.99. The zero-order valence-corrected chi connectivity index (χ0v) is 13.1. The Bertz CT molecular complexity index is 690. The average molecular weight is 301 g/mol. The maximum atomic E-state index is 12.9. The van der Waals surface area contributed by atoms with Gasteiger partial charge in [0.2, 0.25) is 0 Å². The molecule has 1 aromatic carbocycles. The number of para-hydroxylation sites is 1. The second-order valence-corrected chi connectivity index (χ2v) is 6.76. The zero-order valence-electron chi connectivity index (χ0n) is 12.3. The molecule has 0 spiro atoms. The Hall–Kier alpha value is -1.81. The normalized spacial score (nSPS) is 17.3. The molecule has 3 nitrogen and oxygen atoms in total. The van der Waals surface area contributed by atoms with E-state index in [2.05, 4.69) is 6.92 Å². The molecule has 2 aromatic rings. The minimum Gasteiger partial charge on any atom is -0.496 e. The third-order valence-corrected chi connectivity index (χ3v) is 5.20. The number of ether oxygens (including phenoxy) is 1. The molecule has 0 bridgehead atoms. The topological polar surface area (TPSA) is 52.3 Å². The molecule has 21 heavy (non-hydrogen) atoms. The van der Waals surface area contributed by atoms with Gasteiger partial charge in [0.05, 0.1) is 23.2 Å². The standard InChI is InChI=1S/C17H19NO2S/c1-10-7-8-12-14(9-10)21-17(18)15(12)16(19)11-5-3-4-6-13(11)20-2/h3-6,10H,7-9,18H2,1-2H3. The van der Waals surface area contributed by atoms with E-state index in [1.165, 1.54) is 4.88 Å². The first-order chi connectivity index (χ1) is 10.1. The highest BCUT2D eigenvalue weighted by Crippen LogP contribution is 2.39. The van der Waals surface area contributed by atoms with Gasteiger partial charge in [0.1, 0.15) is 5.75 Å². The number of fused-ring (bicyclic) bond motifs is 1. The predicted octanol–water partition coefficient (Wildman–Crippen LogP) is 3.69. The van der Waals surface area contributed by atoms with E-state index < -0.39 is 0 Å². The molecular weight excluding hydrogens is 282 g/mol. The molecule has 3 rings (SSSR count). The summed E-state index contributed by atoms with van der Waals surface area (Å²) in [7, 11) is 1.58. The van der Waals surface area contributed by atoms with Crippen LogP contribution in [0.4, 0.5) is 5.00 Å². The molecule has 2 N–H and O–H groups in total. The molecule has 4 heteroatoms. The lowest BCUT2D eigenvalue weighted by Crippen LogP contribution is -2.13. The van der Waals surface area contributed by atoms with Gasteiger partial charge in [0, 0.05) is 4.88 Å². The summed E-state index contributed by atoms with van der Waals surface area (Å²) in [6.07, 6.45) is 3.10. The minimum absolute atomic E-state index is 0.0167. The molecule has 1 aliphatic carbocycles. The minimum atomic E-state index is -0.0167. The van der Waals surface area contributed by atoms with E-state index in [-0.39, 0.29) is 5.78 Å². The lowest BCUT2D eigenvalue weighted by atomic mass is 9.86. The molecular formula is C17H19NO2S. The third-order valence-electron chi connectivity index (χ3n) is 4.12. The molecule has 0 amide bonds. The van der Waals surface area contributed by atoms with Gasteiger partial charge in [0.25, 0.3) is 0 Å². The van der Waals surface area contributed by atoms with Crippen LogP contribution in [0.3, 0.4) is 0 Å². The Morgan fingerprint density at radius 2 is 2.14 bits per heavy atom. The number of anilines is 1. The van der Waals surface area contributed by atoms with Crippen LogP contribution in [0, 0.1) is 5.92 Å². The molecule has 0 radical (unpaired) electrons. The summed E-state index contributed by atoms with van der Waals surface area (Å²) >= 11 is 1.57. The van der Waals surface area contributed by atoms with Crippen LogP contribution < -0.4 is 10.5 Å². The van der Waals surface area contributed by atoms with E-state index in [1.54, 1.807) is 24.5 Å². The molecule has 0 saturated heterocycles. The first-order valence-corrected chi connectivity index (χ1v) is 8.01. The van der Waals surface area contributed by atoms with Crippen LogP contribution >= 0.6 is 11.3 Å². The molecule has 1 aliphatic rings. The van der Waals surface area contributed by atoms with E-state index in [0.717, 1.165) is 24.8 Å². The summed E-state index contributed by atoms with van der Waals surface area (Å²) in [5.41, 5.74) is 8.60. The van der Waals surface area contributed by atoms with Crippen molar-refractivity contribution in [3.8, 4) is 5.75 Å². The quantitative estimate of drug-likeness (QED) is 0.880. The zero-order chi connectivity index (χ0) is 15.0. The van der Waals surface area contributed by atoms with Crippen molar-refractivity contribution in [3.63, 3.8) is 0 Å². The predicted molar refractivity (Wildman–Crippen MR) is 86.3 cm³/mol. The Morgan fingerprint density at radius 1 is 1.38 bits per heavy atom. The number of hydrogen-bond acceptors (Lipinski definition) is 4. The molecule has 1 atom stereocenters. The van der Waals surface area contributed by atoms with Crippen LogP contribution in [0.1, 0.15) is 39.7 Å². The van der Waals surface area contributed by atoms with Crippen molar-refractivity contribution in [3.05, 3.63) is 45.8 Å². The number of carbonyl (C=O) groups excluding carboxylic acids is 1. The largest absolute Gasteiger partial charge is 0.496 e. The van der Waals surface area contributed by atoms with Crippen LogP contribution in [0.2, 0.25) is 0 Å². The second kappa shape index (κ2) is 5.53. The number of rotatable bonds is 3. The number of hydrogen-bond donors (Lipinski definition) is 1. The smallest absolute Gasteiger partial charge is 0.199 e. The Labute approximate surface area is 128 Å². The van der Waals surface area contributed by atoms with Crippen LogP contribution in [0.15, 0.2) is 24.3 Å². The highest BCUT2D eigenvalue weighted by atomic mass is 32.1. The number of thiophene rings is 1. The number of ketones is 1. The highest BCUT2D eigenvalue weighted by Gasteiger charge is 2.28. The van der Waals surface area contributed by atoms with Crippen molar-refractivity contribution in [2.24, 2.45) is 5.92 Å². The van der Waals surface area contributed by atoms with Crippen LogP contribution in [0.25, 0.3) is 0 Å². The maximum absolute atomic E-state index is 12.9. The van der Waals surface area contributed by atoms with E-state index in [0.29, 0.717) is 27.8 Å². The fraction of sp³-hybridized carbons (Fsp3) is 0.353. The number of carbonyl (C=O) groups is 1. The number of methoxy groups -OCH3 is 1. The van der Waals surface area contributed by atoms with Crippen molar-refractivity contribution in [1.82, 2.24) is 0 Å². The summed E-state index contributed by atoms with van der Waals surface area (Å²) in [5, 5.41) is 0.644. The van der Waals surface area contributed by atoms with Crippen LogP contribution in [-0.4, -0.2) is 12.9 Å². The lowest BCUT2D eigenvalue weighted by Gasteiger charge is -2.18. The van der Waals surface area contributed by atoms with Gasteiger partial charge in [-0.25, -0.2) is 0 Å². The molecule has 1 aromatic heterocycles. The van der Waals surface area contributed by atoms with Crippen molar-refractivity contribution in [2.45, 2.75) is 26.2 Å². The second-order valence-electron chi connectivity index (χ2n) is 5.62. The molecule has 0 fully saturated rings. The van der Waals surface area contributed by atoms with Gasteiger partial charge in [-0.1, -0.05) is 19.1 Å². The highest BCUT2D eigenvalue weighted by molar-refractivity contribution is 7.16. The van der Waals surface area contributed by atoms with E-state index in [4.69, 9.17) is 10.5 Å². The van der Waals surface area contributed by atoms with Crippen molar-refractivity contribution >= 4 is 22.1 Å². The summed E-state index contributed by atoms with van der Waals surface area (Å²) in [5.74, 6) is 1.26. The van der Waals surface area contributed by atoms with E-state index in [1.807, 2.05) is 18.2 Å². The van der Waals surface area contributed by atoms with Gasteiger partial charge in [0.15, 0.2) is 5.78 Å². The first-order valence-electron chi connectivity index (χ1n) is 7.19. The molecule has 1 heterocycles. The first kappa shape index (κ1) is 14.1. The van der Waals surface area contributed by atoms with Gasteiger partial charge >= 0.3 is 0 Å². The summed E-state index contributed by atoms with van der Waals surface area (Å²) in [6, 6.07) is 7.33. The van der Waals surface area contributed by atoms with Crippen molar-refractivity contribution in [2.75, 3.05) is 12.8 Å². The van der Waals surface area contributed by atoms with E-state index >= 15 is 0 Å². The summed E-state index contributed by atoms with van der Waals surface area (Å²) < 4.78 is 5.31. The number of benzene rings is 1. The molecule has 0 saturated carbocycles. The monoisotopic (exact) mass is 301 g/mol. The van der Waals surface area contributed by atoms with Gasteiger partial charge in [-0.15, -0.1) is 11.3 Å². The SMILES string of the molecule is COc1ccccc1C(=O)c1c(N)sc2c1CCC(C)C2. The fourth-order valence-corrected chi connectivity index (χ4v) is 4.27. The van der Waals surface area contributed by atoms with Crippen LogP contribution in [-0.2, 0) is 12.8 Å². The Morgan fingerprint density at radius 3 is 2.90 bits per heavy atom. The van der Waals surface area contributed by atoms with Gasteiger partial charge < -0.3 is 10.5 Å². The maximum Gasteiger partial charge on any atom is 0.199 e. The lowest BCUT2D eigenvalue weighted by molar-refractivity contribution is 0.103. The van der Waals surface area contributed by atoms with Gasteiger partial charge in [-0.2, -0.15) is 0 Å². The Kier molecular flexibility index (Phi) is 3.72.